The SMILES string of the molecule is C1CNC(C2CC2)CN(CC2CCSC2)C1. The molecule has 2 aliphatic heterocycles. The third-order valence-electron chi connectivity index (χ3n) is 4.24. The van der Waals surface area contributed by atoms with Crippen molar-refractivity contribution in [3.63, 3.8) is 0 Å². The third kappa shape index (κ3) is 2.93. The lowest BCUT2D eigenvalue weighted by atomic mass is 10.1. The van der Waals surface area contributed by atoms with E-state index in [0.29, 0.717) is 0 Å². The van der Waals surface area contributed by atoms with Gasteiger partial charge >= 0.3 is 0 Å². The molecule has 0 radical (unpaired) electrons. The minimum atomic E-state index is 0.816. The maximum absolute atomic E-state index is 3.75. The quantitative estimate of drug-likeness (QED) is 0.810. The molecule has 0 amide bonds. The average Bonchev–Trinajstić information content (AvgIpc) is 3.03. The van der Waals surface area contributed by atoms with Crippen molar-refractivity contribution in [2.24, 2.45) is 11.8 Å². The van der Waals surface area contributed by atoms with Crippen molar-refractivity contribution >= 4 is 11.8 Å². The number of hydrogen-bond acceptors (Lipinski definition) is 3. The first-order chi connectivity index (χ1) is 7.92. The molecule has 0 aromatic rings. The van der Waals surface area contributed by atoms with Crippen molar-refractivity contribution in [2.75, 3.05) is 37.7 Å². The standard InChI is InChI=1S/C13H24N2S/c1-5-14-13(12-2-3-12)9-15(6-1)8-11-4-7-16-10-11/h11-14H,1-10H2. The molecule has 1 N–H and O–H groups in total. The maximum Gasteiger partial charge on any atom is 0.0223 e. The maximum atomic E-state index is 3.75. The minimum Gasteiger partial charge on any atom is -0.312 e. The van der Waals surface area contributed by atoms with Gasteiger partial charge in [0.1, 0.15) is 0 Å². The summed E-state index contributed by atoms with van der Waals surface area (Å²) in [5.41, 5.74) is 0. The van der Waals surface area contributed by atoms with E-state index in [0.717, 1.165) is 17.9 Å². The molecule has 2 heterocycles. The van der Waals surface area contributed by atoms with E-state index < -0.39 is 0 Å². The van der Waals surface area contributed by atoms with Gasteiger partial charge in [-0.05, 0) is 62.1 Å². The summed E-state index contributed by atoms with van der Waals surface area (Å²) < 4.78 is 0. The van der Waals surface area contributed by atoms with Gasteiger partial charge in [0.25, 0.3) is 0 Å². The van der Waals surface area contributed by atoms with Crippen LogP contribution in [0.5, 0.6) is 0 Å². The van der Waals surface area contributed by atoms with E-state index in [4.69, 9.17) is 0 Å². The van der Waals surface area contributed by atoms with Gasteiger partial charge in [-0.15, -0.1) is 0 Å². The van der Waals surface area contributed by atoms with Crippen LogP contribution in [0.4, 0.5) is 0 Å². The van der Waals surface area contributed by atoms with Crippen LogP contribution in [0.2, 0.25) is 0 Å². The van der Waals surface area contributed by atoms with Crippen LogP contribution >= 0.6 is 11.8 Å². The van der Waals surface area contributed by atoms with Gasteiger partial charge in [-0.25, -0.2) is 0 Å². The Bertz CT molecular complexity index is 224. The molecule has 3 rings (SSSR count). The smallest absolute Gasteiger partial charge is 0.0223 e. The molecule has 92 valence electrons. The summed E-state index contributed by atoms with van der Waals surface area (Å²) in [6.07, 6.45) is 5.77. The van der Waals surface area contributed by atoms with Crippen LogP contribution in [0, 0.1) is 11.8 Å². The average molecular weight is 240 g/mol. The molecule has 3 heteroatoms. The number of hydrogen-bond donors (Lipinski definition) is 1. The lowest BCUT2D eigenvalue weighted by molar-refractivity contribution is 0.228. The Morgan fingerprint density at radius 1 is 1.25 bits per heavy atom. The first-order valence-electron chi connectivity index (χ1n) is 6.95. The molecule has 3 fully saturated rings. The highest BCUT2D eigenvalue weighted by molar-refractivity contribution is 7.99. The van der Waals surface area contributed by atoms with Crippen molar-refractivity contribution < 1.29 is 0 Å². The summed E-state index contributed by atoms with van der Waals surface area (Å²) in [6.45, 7) is 5.28. The van der Waals surface area contributed by atoms with Gasteiger partial charge in [0.2, 0.25) is 0 Å². The van der Waals surface area contributed by atoms with Gasteiger partial charge in [-0.3, -0.25) is 0 Å². The van der Waals surface area contributed by atoms with E-state index in [-0.39, 0.29) is 0 Å². The first-order valence-corrected chi connectivity index (χ1v) is 8.11. The molecular formula is C13H24N2S. The van der Waals surface area contributed by atoms with Gasteiger partial charge in [0, 0.05) is 19.1 Å². The lowest BCUT2D eigenvalue weighted by Crippen LogP contribution is -2.40. The summed E-state index contributed by atoms with van der Waals surface area (Å²) in [4.78, 5) is 2.75. The predicted octanol–water partition coefficient (Wildman–Crippen LogP) is 1.81. The summed E-state index contributed by atoms with van der Waals surface area (Å²) in [6, 6.07) is 0.816. The predicted molar refractivity (Wildman–Crippen MR) is 71.0 cm³/mol. The summed E-state index contributed by atoms with van der Waals surface area (Å²) in [5, 5.41) is 3.75. The third-order valence-corrected chi connectivity index (χ3v) is 5.48. The van der Waals surface area contributed by atoms with Crippen molar-refractivity contribution in [3.05, 3.63) is 0 Å². The second-order valence-electron chi connectivity index (χ2n) is 5.74. The highest BCUT2D eigenvalue weighted by Crippen LogP contribution is 2.34. The van der Waals surface area contributed by atoms with Crippen LogP contribution in [-0.2, 0) is 0 Å². The lowest BCUT2D eigenvalue weighted by Gasteiger charge is -2.26. The highest BCUT2D eigenvalue weighted by Gasteiger charge is 2.33. The fraction of sp³-hybridized carbons (Fsp3) is 1.00. The molecule has 2 unspecified atom stereocenters. The van der Waals surface area contributed by atoms with Crippen LogP contribution in [0.3, 0.4) is 0 Å². The Hall–Kier alpha value is 0.270. The zero-order valence-electron chi connectivity index (χ0n) is 10.2. The second-order valence-corrected chi connectivity index (χ2v) is 6.89. The molecule has 16 heavy (non-hydrogen) atoms. The Morgan fingerprint density at radius 2 is 2.19 bits per heavy atom. The van der Waals surface area contributed by atoms with Crippen LogP contribution in [0.25, 0.3) is 0 Å². The fourth-order valence-corrected chi connectivity index (χ4v) is 4.37. The number of thioether (sulfide) groups is 1. The molecule has 2 nitrogen and oxygen atoms in total. The monoisotopic (exact) mass is 240 g/mol. The summed E-state index contributed by atoms with van der Waals surface area (Å²) in [7, 11) is 0. The van der Waals surface area contributed by atoms with E-state index in [9.17, 15) is 0 Å². The van der Waals surface area contributed by atoms with Crippen molar-refractivity contribution in [2.45, 2.75) is 31.7 Å². The molecule has 2 atom stereocenters. The first kappa shape index (κ1) is 11.4. The zero-order valence-corrected chi connectivity index (χ0v) is 11.0. The molecule has 0 bridgehead atoms. The zero-order chi connectivity index (χ0) is 10.8. The van der Waals surface area contributed by atoms with Crippen LogP contribution < -0.4 is 5.32 Å². The van der Waals surface area contributed by atoms with Gasteiger partial charge in [-0.2, -0.15) is 11.8 Å². The Kier molecular flexibility index (Phi) is 3.75. The van der Waals surface area contributed by atoms with E-state index >= 15 is 0 Å². The van der Waals surface area contributed by atoms with Crippen LogP contribution in [0.15, 0.2) is 0 Å². The van der Waals surface area contributed by atoms with Crippen molar-refractivity contribution in [1.29, 1.82) is 0 Å². The molecule has 0 aromatic heterocycles. The molecule has 1 saturated carbocycles. The van der Waals surface area contributed by atoms with Gasteiger partial charge in [0.15, 0.2) is 0 Å². The molecule has 2 saturated heterocycles. The number of rotatable bonds is 3. The molecular weight excluding hydrogens is 216 g/mol. The van der Waals surface area contributed by atoms with Crippen molar-refractivity contribution in [1.82, 2.24) is 10.2 Å². The Morgan fingerprint density at radius 3 is 2.94 bits per heavy atom. The van der Waals surface area contributed by atoms with E-state index in [1.807, 2.05) is 0 Å². The van der Waals surface area contributed by atoms with Gasteiger partial charge in [-0.1, -0.05) is 0 Å². The largest absolute Gasteiger partial charge is 0.312 e. The highest BCUT2D eigenvalue weighted by atomic mass is 32.2. The van der Waals surface area contributed by atoms with Crippen LogP contribution in [-0.4, -0.2) is 48.6 Å². The Labute approximate surface area is 104 Å². The fourth-order valence-electron chi connectivity index (χ4n) is 3.10. The molecule has 0 aromatic carbocycles. The molecule has 1 aliphatic carbocycles. The van der Waals surface area contributed by atoms with Gasteiger partial charge in [0.05, 0.1) is 0 Å². The van der Waals surface area contributed by atoms with Crippen molar-refractivity contribution in [3.8, 4) is 0 Å². The Balaban J connectivity index is 1.51. The summed E-state index contributed by atoms with van der Waals surface area (Å²) in [5.74, 6) is 4.82. The normalized spacial score (nSPS) is 37.5. The van der Waals surface area contributed by atoms with Crippen LogP contribution in [0.1, 0.15) is 25.7 Å². The molecule has 3 aliphatic rings. The number of nitrogens with one attached hydrogen (secondary N) is 1. The van der Waals surface area contributed by atoms with E-state index in [1.54, 1.807) is 0 Å². The van der Waals surface area contributed by atoms with E-state index in [2.05, 4.69) is 22.0 Å². The van der Waals surface area contributed by atoms with E-state index in [1.165, 1.54) is 63.4 Å². The second kappa shape index (κ2) is 5.28. The molecule has 0 spiro atoms. The van der Waals surface area contributed by atoms with Gasteiger partial charge < -0.3 is 10.2 Å². The summed E-state index contributed by atoms with van der Waals surface area (Å²) >= 11 is 2.15. The number of nitrogens with zero attached hydrogens (tertiary/aromatic N) is 1. The topological polar surface area (TPSA) is 15.3 Å². The minimum absolute atomic E-state index is 0.816.